The van der Waals surface area contributed by atoms with Crippen molar-refractivity contribution in [2.24, 2.45) is 17.5 Å². The molecule has 1 aromatic rings. The van der Waals surface area contributed by atoms with Crippen molar-refractivity contribution in [1.29, 1.82) is 0 Å². The van der Waals surface area contributed by atoms with Gasteiger partial charge in [-0.1, -0.05) is 0 Å². The Morgan fingerprint density at radius 1 is 1.41 bits per heavy atom. The van der Waals surface area contributed by atoms with E-state index >= 15 is 0 Å². The van der Waals surface area contributed by atoms with E-state index in [2.05, 4.69) is 34.2 Å². The van der Waals surface area contributed by atoms with Crippen molar-refractivity contribution in [3.8, 4) is 0 Å². The molecule has 1 spiro atoms. The molecule has 122 valence electrons. The number of nitrogens with one attached hydrogen (secondary N) is 1. The zero-order chi connectivity index (χ0) is 15.7. The monoisotopic (exact) mass is 305 g/mol. The maximum Gasteiger partial charge on any atom is 0.193 e. The summed E-state index contributed by atoms with van der Waals surface area (Å²) in [5, 5.41) is 7.99. The molecule has 0 amide bonds. The van der Waals surface area contributed by atoms with E-state index in [0.717, 1.165) is 44.5 Å². The number of aryl methyl sites for hydroxylation is 2. The number of aromatic nitrogens is 2. The van der Waals surface area contributed by atoms with Crippen LogP contribution in [0.5, 0.6) is 0 Å². The van der Waals surface area contributed by atoms with Gasteiger partial charge in [0, 0.05) is 57.0 Å². The van der Waals surface area contributed by atoms with Gasteiger partial charge in [-0.25, -0.2) is 0 Å². The summed E-state index contributed by atoms with van der Waals surface area (Å²) in [7, 11) is 3.85. The summed E-state index contributed by atoms with van der Waals surface area (Å²) in [6, 6.07) is 0. The van der Waals surface area contributed by atoms with Crippen LogP contribution in [-0.2, 0) is 18.3 Å². The summed E-state index contributed by atoms with van der Waals surface area (Å²) < 4.78 is 7.55. The highest BCUT2D eigenvalue weighted by Gasteiger charge is 2.42. The Kier molecular flexibility index (Phi) is 4.12. The highest BCUT2D eigenvalue weighted by molar-refractivity contribution is 5.80. The first-order valence-electron chi connectivity index (χ1n) is 8.07. The topological polar surface area (TPSA) is 54.7 Å². The molecule has 3 rings (SSSR count). The van der Waals surface area contributed by atoms with E-state index in [1.165, 1.54) is 24.1 Å². The lowest BCUT2D eigenvalue weighted by molar-refractivity contribution is 0.156. The normalized spacial score (nSPS) is 25.5. The molecular weight excluding hydrogens is 278 g/mol. The number of nitrogens with zero attached hydrogens (tertiary/aromatic N) is 4. The third-order valence-electron chi connectivity index (χ3n) is 5.22. The Bertz CT molecular complexity index is 571. The number of aliphatic imine (C=N–C) groups is 1. The lowest BCUT2D eigenvalue weighted by atomic mass is 9.87. The number of hydrogen-bond acceptors (Lipinski definition) is 3. The van der Waals surface area contributed by atoms with Crippen molar-refractivity contribution < 1.29 is 4.74 Å². The van der Waals surface area contributed by atoms with E-state index in [-0.39, 0.29) is 0 Å². The molecule has 0 bridgehead atoms. The van der Waals surface area contributed by atoms with Gasteiger partial charge < -0.3 is 15.0 Å². The van der Waals surface area contributed by atoms with Crippen LogP contribution in [-0.4, -0.2) is 54.0 Å². The standard InChI is InChI=1S/C16H27N5O/c1-12-14(13(2)20(4)19-12)9-18-15(17-3)21-7-5-16(10-21)6-8-22-11-16/h5-11H2,1-4H3,(H,17,18). The second-order valence-corrected chi connectivity index (χ2v) is 6.65. The Morgan fingerprint density at radius 2 is 2.23 bits per heavy atom. The van der Waals surface area contributed by atoms with Crippen LogP contribution in [0.25, 0.3) is 0 Å². The minimum atomic E-state index is 0.359. The molecular formula is C16H27N5O. The fraction of sp³-hybridized carbons (Fsp3) is 0.750. The molecule has 0 saturated carbocycles. The van der Waals surface area contributed by atoms with Gasteiger partial charge in [-0.3, -0.25) is 9.67 Å². The molecule has 6 heteroatoms. The molecule has 1 N–H and O–H groups in total. The molecule has 22 heavy (non-hydrogen) atoms. The van der Waals surface area contributed by atoms with Crippen molar-refractivity contribution in [3.05, 3.63) is 17.0 Å². The fourth-order valence-electron chi connectivity index (χ4n) is 3.66. The summed E-state index contributed by atoms with van der Waals surface area (Å²) in [6.45, 7) is 8.88. The summed E-state index contributed by atoms with van der Waals surface area (Å²) in [5.41, 5.74) is 3.92. The Balaban J connectivity index is 1.63. The second kappa shape index (κ2) is 5.91. The van der Waals surface area contributed by atoms with Crippen molar-refractivity contribution in [1.82, 2.24) is 20.0 Å². The smallest absolute Gasteiger partial charge is 0.193 e. The lowest BCUT2D eigenvalue weighted by Crippen LogP contribution is -2.41. The van der Waals surface area contributed by atoms with Crippen molar-refractivity contribution in [2.45, 2.75) is 33.2 Å². The molecule has 0 aromatic carbocycles. The number of rotatable bonds is 2. The molecule has 1 atom stereocenters. The molecule has 1 unspecified atom stereocenters. The molecule has 6 nitrogen and oxygen atoms in total. The number of hydrogen-bond donors (Lipinski definition) is 1. The first-order chi connectivity index (χ1) is 10.5. The SMILES string of the molecule is CN=C(NCc1c(C)nn(C)c1C)N1CCC2(CCOC2)C1. The van der Waals surface area contributed by atoms with Gasteiger partial charge in [-0.2, -0.15) is 5.10 Å². The largest absolute Gasteiger partial charge is 0.381 e. The van der Waals surface area contributed by atoms with Crippen LogP contribution in [0.4, 0.5) is 0 Å². The second-order valence-electron chi connectivity index (χ2n) is 6.65. The van der Waals surface area contributed by atoms with Crippen molar-refractivity contribution >= 4 is 5.96 Å². The first-order valence-corrected chi connectivity index (χ1v) is 8.07. The van der Waals surface area contributed by atoms with Crippen LogP contribution >= 0.6 is 0 Å². The average molecular weight is 305 g/mol. The highest BCUT2D eigenvalue weighted by atomic mass is 16.5. The van der Waals surface area contributed by atoms with Crippen LogP contribution in [0.2, 0.25) is 0 Å². The van der Waals surface area contributed by atoms with E-state index in [9.17, 15) is 0 Å². The first kappa shape index (κ1) is 15.3. The van der Waals surface area contributed by atoms with E-state index in [1.807, 2.05) is 18.8 Å². The van der Waals surface area contributed by atoms with Gasteiger partial charge in [0.1, 0.15) is 0 Å². The van der Waals surface area contributed by atoms with E-state index in [0.29, 0.717) is 5.41 Å². The number of ether oxygens (including phenoxy) is 1. The van der Waals surface area contributed by atoms with Crippen LogP contribution < -0.4 is 5.32 Å². The maximum absolute atomic E-state index is 5.61. The average Bonchev–Trinajstić information content (AvgIpc) is 3.18. The molecule has 0 aliphatic carbocycles. The van der Waals surface area contributed by atoms with E-state index in [4.69, 9.17) is 4.74 Å². The quantitative estimate of drug-likeness (QED) is 0.659. The number of guanidine groups is 1. The van der Waals surface area contributed by atoms with Crippen molar-refractivity contribution in [3.63, 3.8) is 0 Å². The highest BCUT2D eigenvalue weighted by Crippen LogP contribution is 2.38. The minimum Gasteiger partial charge on any atom is -0.381 e. The molecule has 1 aromatic heterocycles. The zero-order valence-corrected chi connectivity index (χ0v) is 14.1. The fourth-order valence-corrected chi connectivity index (χ4v) is 3.66. The molecule has 2 saturated heterocycles. The Morgan fingerprint density at radius 3 is 2.82 bits per heavy atom. The van der Waals surface area contributed by atoms with Crippen LogP contribution in [0, 0.1) is 19.3 Å². The lowest BCUT2D eigenvalue weighted by Gasteiger charge is -2.25. The molecule has 2 fully saturated rings. The predicted octanol–water partition coefficient (Wildman–Crippen LogP) is 1.22. The van der Waals surface area contributed by atoms with Gasteiger partial charge in [0.25, 0.3) is 0 Å². The van der Waals surface area contributed by atoms with Crippen LogP contribution in [0.1, 0.15) is 29.8 Å². The zero-order valence-electron chi connectivity index (χ0n) is 14.1. The van der Waals surface area contributed by atoms with Gasteiger partial charge in [0.05, 0.1) is 12.3 Å². The number of likely N-dealkylation sites (tertiary alicyclic amines) is 1. The van der Waals surface area contributed by atoms with Crippen LogP contribution in [0.15, 0.2) is 4.99 Å². The van der Waals surface area contributed by atoms with Gasteiger partial charge in [0.15, 0.2) is 5.96 Å². The van der Waals surface area contributed by atoms with E-state index < -0.39 is 0 Å². The third-order valence-corrected chi connectivity index (χ3v) is 5.22. The van der Waals surface area contributed by atoms with Gasteiger partial charge in [0.2, 0.25) is 0 Å². The predicted molar refractivity (Wildman–Crippen MR) is 86.9 cm³/mol. The summed E-state index contributed by atoms with van der Waals surface area (Å²) >= 11 is 0. The van der Waals surface area contributed by atoms with Gasteiger partial charge >= 0.3 is 0 Å². The van der Waals surface area contributed by atoms with E-state index in [1.54, 1.807) is 0 Å². The van der Waals surface area contributed by atoms with Gasteiger partial charge in [-0.15, -0.1) is 0 Å². The Hall–Kier alpha value is -1.56. The Labute approximate surface area is 132 Å². The van der Waals surface area contributed by atoms with Gasteiger partial charge in [-0.05, 0) is 26.7 Å². The minimum absolute atomic E-state index is 0.359. The summed E-state index contributed by atoms with van der Waals surface area (Å²) in [4.78, 5) is 6.84. The molecule has 2 aliphatic rings. The van der Waals surface area contributed by atoms with Crippen molar-refractivity contribution in [2.75, 3.05) is 33.4 Å². The molecule has 0 radical (unpaired) electrons. The molecule has 2 aliphatic heterocycles. The summed E-state index contributed by atoms with van der Waals surface area (Å²) in [5.74, 6) is 0.992. The third kappa shape index (κ3) is 2.72. The molecule has 3 heterocycles. The summed E-state index contributed by atoms with van der Waals surface area (Å²) in [6.07, 6.45) is 2.39. The van der Waals surface area contributed by atoms with Crippen LogP contribution in [0.3, 0.4) is 0 Å². The maximum atomic E-state index is 5.61.